The maximum Gasteiger partial charge on any atom is 0.338 e. The van der Waals surface area contributed by atoms with E-state index in [-0.39, 0.29) is 36.0 Å². The normalized spacial score (nSPS) is 16.5. The van der Waals surface area contributed by atoms with E-state index in [4.69, 9.17) is 10.5 Å². The van der Waals surface area contributed by atoms with E-state index in [1.165, 1.54) is 6.07 Å². The van der Waals surface area contributed by atoms with E-state index in [2.05, 4.69) is 4.72 Å². The Labute approximate surface area is 149 Å². The molecule has 1 aromatic carbocycles. The van der Waals surface area contributed by atoms with Gasteiger partial charge >= 0.3 is 5.97 Å². The van der Waals surface area contributed by atoms with Gasteiger partial charge in [-0.25, -0.2) is 17.9 Å². The van der Waals surface area contributed by atoms with Gasteiger partial charge in [0.25, 0.3) is 0 Å². The molecule has 1 saturated carbocycles. The summed E-state index contributed by atoms with van der Waals surface area (Å²) in [5, 5.41) is 0. The first kappa shape index (κ1) is 20.9. The molecule has 0 heterocycles. The molecule has 0 radical (unpaired) electrons. The zero-order valence-electron chi connectivity index (χ0n) is 14.0. The number of nitrogens with one attached hydrogen (secondary N) is 1. The standard InChI is InChI=1S/C16H24N2O4S.ClH/c1-3-22-15(19)13-7-6-12(2)14(10-13)23(20,21)18-16(11-17)8-4-5-9-16;/h6-7,10,18H,3-5,8-9,11,17H2,1-2H3;1H. The van der Waals surface area contributed by atoms with Gasteiger partial charge in [-0.05, 0) is 44.4 Å². The average Bonchev–Trinajstić information content (AvgIpc) is 2.96. The molecule has 0 bridgehead atoms. The molecule has 0 spiro atoms. The second kappa shape index (κ2) is 8.29. The van der Waals surface area contributed by atoms with E-state index in [1.54, 1.807) is 26.0 Å². The molecule has 0 atom stereocenters. The lowest BCUT2D eigenvalue weighted by atomic mass is 10.0. The van der Waals surface area contributed by atoms with Gasteiger partial charge in [0, 0.05) is 12.1 Å². The fourth-order valence-electron chi connectivity index (χ4n) is 2.97. The summed E-state index contributed by atoms with van der Waals surface area (Å²) in [5.41, 5.74) is 6.04. The van der Waals surface area contributed by atoms with Crippen molar-refractivity contribution in [2.45, 2.75) is 50.0 Å². The van der Waals surface area contributed by atoms with Crippen LogP contribution in [0.15, 0.2) is 23.1 Å². The van der Waals surface area contributed by atoms with Crippen LogP contribution in [0.4, 0.5) is 0 Å². The van der Waals surface area contributed by atoms with Crippen LogP contribution in [0.5, 0.6) is 0 Å². The molecule has 1 aromatic rings. The van der Waals surface area contributed by atoms with Crippen LogP contribution in [0, 0.1) is 6.92 Å². The first-order chi connectivity index (χ1) is 10.8. The largest absolute Gasteiger partial charge is 0.462 e. The topological polar surface area (TPSA) is 98.5 Å². The number of hydrogen-bond donors (Lipinski definition) is 2. The third-order valence-electron chi connectivity index (χ3n) is 4.29. The minimum atomic E-state index is -3.75. The number of halogens is 1. The number of aryl methyl sites for hydroxylation is 1. The van der Waals surface area contributed by atoms with Gasteiger partial charge in [0.05, 0.1) is 17.1 Å². The third-order valence-corrected chi connectivity index (χ3v) is 6.01. The molecule has 1 aliphatic carbocycles. The molecule has 1 fully saturated rings. The molecule has 136 valence electrons. The second-order valence-corrected chi connectivity index (χ2v) is 7.65. The lowest BCUT2D eigenvalue weighted by molar-refractivity contribution is 0.0526. The van der Waals surface area contributed by atoms with Crippen molar-refractivity contribution < 1.29 is 17.9 Å². The molecule has 3 N–H and O–H groups in total. The zero-order valence-corrected chi connectivity index (χ0v) is 15.6. The number of ether oxygens (including phenoxy) is 1. The molecule has 1 aliphatic rings. The summed E-state index contributed by atoms with van der Waals surface area (Å²) in [4.78, 5) is 11.9. The minimum absolute atomic E-state index is 0. The molecule has 8 heteroatoms. The van der Waals surface area contributed by atoms with E-state index in [0.29, 0.717) is 5.56 Å². The summed E-state index contributed by atoms with van der Waals surface area (Å²) in [6.45, 7) is 3.91. The summed E-state index contributed by atoms with van der Waals surface area (Å²) in [7, 11) is -3.75. The van der Waals surface area contributed by atoms with Gasteiger partial charge in [-0.2, -0.15) is 0 Å². The molecule has 6 nitrogen and oxygen atoms in total. The monoisotopic (exact) mass is 376 g/mol. The Morgan fingerprint density at radius 2 is 1.96 bits per heavy atom. The number of hydrogen-bond acceptors (Lipinski definition) is 5. The summed E-state index contributed by atoms with van der Waals surface area (Å²) >= 11 is 0. The molecule has 0 saturated heterocycles. The maximum atomic E-state index is 12.8. The Bertz CT molecular complexity index is 685. The van der Waals surface area contributed by atoms with Crippen molar-refractivity contribution in [3.8, 4) is 0 Å². The van der Waals surface area contributed by atoms with Crippen LogP contribution < -0.4 is 10.5 Å². The Kier molecular flexibility index (Phi) is 7.22. The highest BCUT2D eigenvalue weighted by molar-refractivity contribution is 7.89. The van der Waals surface area contributed by atoms with Crippen LogP contribution in [0.2, 0.25) is 0 Å². The number of rotatable bonds is 6. The van der Waals surface area contributed by atoms with Crippen molar-refractivity contribution in [1.82, 2.24) is 4.72 Å². The van der Waals surface area contributed by atoms with Crippen LogP contribution in [0.3, 0.4) is 0 Å². The van der Waals surface area contributed by atoms with Crippen LogP contribution in [0.1, 0.15) is 48.5 Å². The molecule has 0 aliphatic heterocycles. The van der Waals surface area contributed by atoms with Crippen molar-refractivity contribution in [2.24, 2.45) is 5.73 Å². The Balaban J connectivity index is 0.00000288. The number of nitrogens with two attached hydrogens (primary N) is 1. The SMILES string of the molecule is CCOC(=O)c1ccc(C)c(S(=O)(=O)NC2(CN)CCCC2)c1.Cl. The fourth-order valence-corrected chi connectivity index (χ4v) is 4.71. The first-order valence-electron chi connectivity index (χ1n) is 7.85. The zero-order chi connectivity index (χ0) is 17.1. The minimum Gasteiger partial charge on any atom is -0.462 e. The Morgan fingerprint density at radius 3 is 2.50 bits per heavy atom. The van der Waals surface area contributed by atoms with E-state index in [0.717, 1.165) is 25.7 Å². The third kappa shape index (κ3) is 4.47. The highest BCUT2D eigenvalue weighted by Crippen LogP contribution is 2.31. The van der Waals surface area contributed by atoms with Gasteiger partial charge in [0.15, 0.2) is 0 Å². The van der Waals surface area contributed by atoms with Gasteiger partial charge in [-0.3, -0.25) is 0 Å². The Morgan fingerprint density at radius 1 is 1.33 bits per heavy atom. The summed E-state index contributed by atoms with van der Waals surface area (Å²) in [5.74, 6) is -0.529. The number of benzene rings is 1. The molecule has 0 unspecified atom stereocenters. The van der Waals surface area contributed by atoms with Gasteiger partial charge in [-0.15, -0.1) is 12.4 Å². The van der Waals surface area contributed by atoms with E-state index < -0.39 is 21.5 Å². The molecule has 2 rings (SSSR count). The lowest BCUT2D eigenvalue weighted by Crippen LogP contribution is -2.51. The maximum absolute atomic E-state index is 12.8. The van der Waals surface area contributed by atoms with E-state index >= 15 is 0 Å². The molecular weight excluding hydrogens is 352 g/mol. The van der Waals surface area contributed by atoms with Crippen LogP contribution >= 0.6 is 12.4 Å². The van der Waals surface area contributed by atoms with Crippen LogP contribution in [-0.4, -0.2) is 33.1 Å². The van der Waals surface area contributed by atoms with Crippen LogP contribution in [-0.2, 0) is 14.8 Å². The van der Waals surface area contributed by atoms with Crippen LogP contribution in [0.25, 0.3) is 0 Å². The number of sulfonamides is 1. The van der Waals surface area contributed by atoms with E-state index in [9.17, 15) is 13.2 Å². The Hall–Kier alpha value is -1.15. The summed E-state index contributed by atoms with van der Waals surface area (Å²) < 4.78 is 33.3. The number of carbonyl (C=O) groups is 1. The summed E-state index contributed by atoms with van der Waals surface area (Å²) in [6, 6.07) is 4.56. The average molecular weight is 377 g/mol. The number of carbonyl (C=O) groups excluding carboxylic acids is 1. The van der Waals surface area contributed by atoms with E-state index in [1.807, 2.05) is 0 Å². The van der Waals surface area contributed by atoms with Crippen molar-refractivity contribution in [3.05, 3.63) is 29.3 Å². The first-order valence-corrected chi connectivity index (χ1v) is 9.34. The predicted molar refractivity (Wildman–Crippen MR) is 95.0 cm³/mol. The van der Waals surface area contributed by atoms with Gasteiger partial charge in [0.2, 0.25) is 10.0 Å². The van der Waals surface area contributed by atoms with Gasteiger partial charge in [0.1, 0.15) is 0 Å². The van der Waals surface area contributed by atoms with Crippen molar-refractivity contribution in [2.75, 3.05) is 13.2 Å². The fraction of sp³-hybridized carbons (Fsp3) is 0.562. The lowest BCUT2D eigenvalue weighted by Gasteiger charge is -2.28. The summed E-state index contributed by atoms with van der Waals surface area (Å²) in [6.07, 6.45) is 3.39. The number of esters is 1. The smallest absolute Gasteiger partial charge is 0.338 e. The highest BCUT2D eigenvalue weighted by Gasteiger charge is 2.37. The second-order valence-electron chi connectivity index (χ2n) is 6.00. The van der Waals surface area contributed by atoms with Gasteiger partial charge in [-0.1, -0.05) is 18.9 Å². The molecule has 0 aromatic heterocycles. The van der Waals surface area contributed by atoms with Crippen molar-refractivity contribution in [1.29, 1.82) is 0 Å². The predicted octanol–water partition coefficient (Wildman–Crippen LogP) is 2.14. The molecule has 0 amide bonds. The molecular formula is C16H25ClN2O4S. The van der Waals surface area contributed by atoms with Gasteiger partial charge < -0.3 is 10.5 Å². The molecule has 24 heavy (non-hydrogen) atoms. The quantitative estimate of drug-likeness (QED) is 0.741. The van der Waals surface area contributed by atoms with Crippen molar-refractivity contribution in [3.63, 3.8) is 0 Å². The van der Waals surface area contributed by atoms with Crippen molar-refractivity contribution >= 4 is 28.4 Å². The highest BCUT2D eigenvalue weighted by atomic mass is 35.5.